The Morgan fingerprint density at radius 3 is 2.72 bits per heavy atom. The maximum Gasteiger partial charge on any atom is 0.255 e. The zero-order valence-corrected chi connectivity index (χ0v) is 17.6. The van der Waals surface area contributed by atoms with Gasteiger partial charge in [0, 0.05) is 29.8 Å². The summed E-state index contributed by atoms with van der Waals surface area (Å²) in [7, 11) is 0. The van der Waals surface area contributed by atoms with E-state index in [-0.39, 0.29) is 23.8 Å². The van der Waals surface area contributed by atoms with Crippen molar-refractivity contribution >= 4 is 29.2 Å². The molecule has 2 amide bonds. The Bertz CT molecular complexity index is 1000. The number of furan rings is 1. The second kappa shape index (κ2) is 8.66. The van der Waals surface area contributed by atoms with Gasteiger partial charge < -0.3 is 15.1 Å². The lowest BCUT2D eigenvalue weighted by Crippen LogP contribution is -2.30. The molecule has 0 bridgehead atoms. The Hall–Kier alpha value is -2.86. The summed E-state index contributed by atoms with van der Waals surface area (Å²) in [5, 5.41) is 6.22. The molecular formula is C22H24ClN3O3. The van der Waals surface area contributed by atoms with Crippen LogP contribution in [-0.4, -0.2) is 22.8 Å². The van der Waals surface area contributed by atoms with E-state index in [1.54, 1.807) is 18.3 Å². The molecule has 29 heavy (non-hydrogen) atoms. The lowest BCUT2D eigenvalue weighted by Gasteiger charge is -2.17. The predicted octanol–water partition coefficient (Wildman–Crippen LogP) is 4.91. The van der Waals surface area contributed by atoms with Crippen molar-refractivity contribution in [1.82, 2.24) is 10.3 Å². The summed E-state index contributed by atoms with van der Waals surface area (Å²) in [6.45, 7) is 7.13. The fourth-order valence-corrected chi connectivity index (χ4v) is 3.45. The monoisotopic (exact) mass is 413 g/mol. The topological polar surface area (TPSA) is 84.2 Å². The number of rotatable bonds is 5. The molecule has 0 aliphatic heterocycles. The fraction of sp³-hybridized carbons (Fsp3) is 0.318. The van der Waals surface area contributed by atoms with Crippen molar-refractivity contribution in [3.8, 4) is 11.3 Å². The number of carbonyl (C=O) groups is 2. The highest BCUT2D eigenvalue weighted by atomic mass is 35.5. The maximum atomic E-state index is 12.8. The molecule has 0 saturated carbocycles. The number of halogens is 1. The van der Waals surface area contributed by atoms with Gasteiger partial charge in [-0.25, -0.2) is 4.98 Å². The van der Waals surface area contributed by atoms with Gasteiger partial charge in [-0.05, 0) is 51.0 Å². The van der Waals surface area contributed by atoms with Gasteiger partial charge in [0.2, 0.25) is 5.91 Å². The molecule has 0 radical (unpaired) electrons. The number of hydrogen-bond acceptors (Lipinski definition) is 4. The lowest BCUT2D eigenvalue weighted by atomic mass is 9.94. The number of aromatic nitrogens is 1. The van der Waals surface area contributed by atoms with E-state index < -0.39 is 0 Å². The van der Waals surface area contributed by atoms with Crippen LogP contribution in [0.3, 0.4) is 0 Å². The van der Waals surface area contributed by atoms with E-state index in [1.807, 2.05) is 39.0 Å². The molecule has 0 saturated heterocycles. The first-order chi connectivity index (χ1) is 13.8. The summed E-state index contributed by atoms with van der Waals surface area (Å²) in [5.74, 6) is 0.830. The zero-order chi connectivity index (χ0) is 21.1. The van der Waals surface area contributed by atoms with Gasteiger partial charge in [0.15, 0.2) is 0 Å². The minimum Gasteiger partial charge on any atom is -0.460 e. The second-order valence-corrected chi connectivity index (χ2v) is 7.79. The van der Waals surface area contributed by atoms with Crippen molar-refractivity contribution in [3.63, 3.8) is 0 Å². The van der Waals surface area contributed by atoms with E-state index in [0.29, 0.717) is 34.4 Å². The lowest BCUT2D eigenvalue weighted by molar-refractivity contribution is -0.114. The van der Waals surface area contributed by atoms with E-state index in [4.69, 9.17) is 16.0 Å². The van der Waals surface area contributed by atoms with E-state index in [1.165, 1.54) is 6.92 Å². The minimum absolute atomic E-state index is 0.0139. The van der Waals surface area contributed by atoms with Crippen LogP contribution >= 0.6 is 11.6 Å². The van der Waals surface area contributed by atoms with Crippen LogP contribution < -0.4 is 10.6 Å². The Morgan fingerprint density at radius 1 is 1.31 bits per heavy atom. The highest BCUT2D eigenvalue weighted by Crippen LogP contribution is 2.40. The van der Waals surface area contributed by atoms with Gasteiger partial charge in [0.05, 0.1) is 11.5 Å². The Morgan fingerprint density at radius 2 is 2.07 bits per heavy atom. The number of allylic oxidation sites excluding steroid dienone is 4. The molecule has 1 aliphatic rings. The van der Waals surface area contributed by atoms with E-state index in [2.05, 4.69) is 15.6 Å². The van der Waals surface area contributed by atoms with Crippen molar-refractivity contribution < 1.29 is 14.0 Å². The molecule has 1 atom stereocenters. The van der Waals surface area contributed by atoms with Crippen molar-refractivity contribution in [3.05, 3.63) is 58.5 Å². The van der Waals surface area contributed by atoms with Gasteiger partial charge in [0.1, 0.15) is 17.3 Å². The standard InChI is InChI=1S/C22H24ClN3O3/c1-12(2)25-22(28)17-9-19(29-21(17)15-7-5-6-8-18(15)23)16-10-20(26-14(4)27)24-11-13(16)3/h5-6,8-12,15H,7H2,1-4H3,(H,25,28)(H,24,26,27). The average Bonchev–Trinajstić information content (AvgIpc) is 3.08. The number of amides is 2. The number of anilines is 1. The molecule has 2 aromatic rings. The first-order valence-corrected chi connectivity index (χ1v) is 9.85. The highest BCUT2D eigenvalue weighted by molar-refractivity contribution is 6.30. The minimum atomic E-state index is -0.222. The molecule has 0 spiro atoms. The number of pyridine rings is 1. The molecule has 6 nitrogen and oxygen atoms in total. The first kappa shape index (κ1) is 20.9. The van der Waals surface area contributed by atoms with Crippen molar-refractivity contribution in [2.45, 2.75) is 46.1 Å². The highest BCUT2D eigenvalue weighted by Gasteiger charge is 2.28. The molecule has 3 rings (SSSR count). The van der Waals surface area contributed by atoms with Crippen LogP contribution in [0.5, 0.6) is 0 Å². The van der Waals surface area contributed by atoms with Gasteiger partial charge >= 0.3 is 0 Å². The molecule has 152 valence electrons. The Balaban J connectivity index is 2.09. The second-order valence-electron chi connectivity index (χ2n) is 7.35. The van der Waals surface area contributed by atoms with Crippen LogP contribution in [0.4, 0.5) is 5.82 Å². The largest absolute Gasteiger partial charge is 0.460 e. The normalized spacial score (nSPS) is 15.9. The van der Waals surface area contributed by atoms with E-state index in [9.17, 15) is 9.59 Å². The van der Waals surface area contributed by atoms with Crippen molar-refractivity contribution in [1.29, 1.82) is 0 Å². The molecule has 1 unspecified atom stereocenters. The molecule has 2 aromatic heterocycles. The first-order valence-electron chi connectivity index (χ1n) is 9.47. The summed E-state index contributed by atoms with van der Waals surface area (Å²) < 4.78 is 6.19. The van der Waals surface area contributed by atoms with E-state index >= 15 is 0 Å². The number of nitrogens with zero attached hydrogens (tertiary/aromatic N) is 1. The Labute approximate surface area is 175 Å². The van der Waals surface area contributed by atoms with Crippen LogP contribution in [0.2, 0.25) is 0 Å². The third-order valence-corrected chi connectivity index (χ3v) is 4.90. The van der Waals surface area contributed by atoms with Crippen molar-refractivity contribution in [2.24, 2.45) is 0 Å². The quantitative estimate of drug-likeness (QED) is 0.729. The molecule has 2 N–H and O–H groups in total. The number of nitrogens with one attached hydrogen (secondary N) is 2. The van der Waals surface area contributed by atoms with Gasteiger partial charge in [-0.3, -0.25) is 9.59 Å². The third-order valence-electron chi connectivity index (χ3n) is 4.51. The van der Waals surface area contributed by atoms with Crippen LogP contribution in [-0.2, 0) is 4.79 Å². The van der Waals surface area contributed by atoms with Gasteiger partial charge in [-0.1, -0.05) is 23.8 Å². The number of carbonyl (C=O) groups excluding carboxylic acids is 2. The number of hydrogen-bond donors (Lipinski definition) is 2. The fourth-order valence-electron chi connectivity index (χ4n) is 3.19. The van der Waals surface area contributed by atoms with Crippen LogP contribution in [0, 0.1) is 6.92 Å². The average molecular weight is 414 g/mol. The smallest absolute Gasteiger partial charge is 0.255 e. The van der Waals surface area contributed by atoms with Crippen LogP contribution in [0.1, 0.15) is 54.8 Å². The summed E-state index contributed by atoms with van der Waals surface area (Å²) in [4.78, 5) is 28.4. The molecular weight excluding hydrogens is 390 g/mol. The number of aryl methyl sites for hydroxylation is 1. The summed E-state index contributed by atoms with van der Waals surface area (Å²) >= 11 is 6.43. The summed E-state index contributed by atoms with van der Waals surface area (Å²) in [6, 6.07) is 3.46. The molecule has 7 heteroatoms. The summed E-state index contributed by atoms with van der Waals surface area (Å²) in [6.07, 6.45) is 8.01. The maximum absolute atomic E-state index is 12.8. The van der Waals surface area contributed by atoms with Gasteiger partial charge in [-0.2, -0.15) is 0 Å². The van der Waals surface area contributed by atoms with Crippen molar-refractivity contribution in [2.75, 3.05) is 5.32 Å². The molecule has 0 aromatic carbocycles. The van der Waals surface area contributed by atoms with Gasteiger partial charge in [-0.15, -0.1) is 0 Å². The molecule has 2 heterocycles. The van der Waals surface area contributed by atoms with Crippen LogP contribution in [0.15, 0.2) is 46.0 Å². The molecule has 0 fully saturated rings. The third kappa shape index (κ3) is 4.77. The SMILES string of the molecule is CC(=O)Nc1cc(-c2cc(C(=O)NC(C)C)c(C3CC=CC=C3Cl)o2)c(C)cn1. The summed E-state index contributed by atoms with van der Waals surface area (Å²) in [5.41, 5.74) is 2.07. The zero-order valence-electron chi connectivity index (χ0n) is 16.9. The van der Waals surface area contributed by atoms with Gasteiger partial charge in [0.25, 0.3) is 5.91 Å². The van der Waals surface area contributed by atoms with Crippen LogP contribution in [0.25, 0.3) is 11.3 Å². The Kier molecular flexibility index (Phi) is 6.23. The van der Waals surface area contributed by atoms with E-state index in [0.717, 1.165) is 11.1 Å². The predicted molar refractivity (Wildman–Crippen MR) is 114 cm³/mol. The molecule has 1 aliphatic carbocycles.